The Morgan fingerprint density at radius 3 is 2.93 bits per heavy atom. The summed E-state index contributed by atoms with van der Waals surface area (Å²) in [5.41, 5.74) is 0.825. The Morgan fingerprint density at radius 1 is 1.30 bits per heavy atom. The van der Waals surface area contributed by atoms with E-state index >= 15 is 0 Å². The molecule has 0 saturated carbocycles. The SMILES string of the molecule is CC(C(=O)Nc1cc(F)ccc1F)N1CCCC1c1nc2ccccc2s1. The van der Waals surface area contributed by atoms with Gasteiger partial charge in [-0.1, -0.05) is 12.1 Å². The molecule has 0 spiro atoms. The first kappa shape index (κ1) is 18.0. The Morgan fingerprint density at radius 2 is 2.11 bits per heavy atom. The number of halogens is 2. The Balaban J connectivity index is 1.54. The van der Waals surface area contributed by atoms with E-state index in [1.54, 1.807) is 18.3 Å². The van der Waals surface area contributed by atoms with Crippen molar-refractivity contribution in [2.45, 2.75) is 31.8 Å². The first-order valence-corrected chi connectivity index (χ1v) is 9.72. The van der Waals surface area contributed by atoms with Crippen LogP contribution in [0, 0.1) is 11.6 Å². The molecule has 4 rings (SSSR count). The smallest absolute Gasteiger partial charge is 0.241 e. The molecule has 2 aromatic carbocycles. The van der Waals surface area contributed by atoms with Crippen LogP contribution in [0.3, 0.4) is 0 Å². The first-order valence-electron chi connectivity index (χ1n) is 8.90. The fraction of sp³-hybridized carbons (Fsp3) is 0.300. The van der Waals surface area contributed by atoms with Crippen molar-refractivity contribution >= 4 is 33.1 Å². The highest BCUT2D eigenvalue weighted by molar-refractivity contribution is 7.18. The third kappa shape index (κ3) is 3.57. The quantitative estimate of drug-likeness (QED) is 0.703. The number of para-hydroxylation sites is 1. The summed E-state index contributed by atoms with van der Waals surface area (Å²) in [7, 11) is 0. The first-order chi connectivity index (χ1) is 13.0. The fourth-order valence-electron chi connectivity index (χ4n) is 3.53. The van der Waals surface area contributed by atoms with Gasteiger partial charge < -0.3 is 5.32 Å². The lowest BCUT2D eigenvalue weighted by Crippen LogP contribution is -2.41. The molecule has 1 saturated heterocycles. The molecule has 140 valence electrons. The molecule has 7 heteroatoms. The van der Waals surface area contributed by atoms with Crippen LogP contribution >= 0.6 is 11.3 Å². The van der Waals surface area contributed by atoms with Gasteiger partial charge in [0, 0.05) is 6.07 Å². The maximum Gasteiger partial charge on any atom is 0.241 e. The van der Waals surface area contributed by atoms with Gasteiger partial charge in [-0.15, -0.1) is 11.3 Å². The van der Waals surface area contributed by atoms with Gasteiger partial charge in [-0.2, -0.15) is 0 Å². The molecule has 0 aliphatic carbocycles. The van der Waals surface area contributed by atoms with Crippen LogP contribution in [0.1, 0.15) is 30.8 Å². The molecule has 1 amide bonds. The van der Waals surface area contributed by atoms with Gasteiger partial charge in [-0.3, -0.25) is 9.69 Å². The van der Waals surface area contributed by atoms with Gasteiger partial charge in [0.1, 0.15) is 16.6 Å². The number of likely N-dealkylation sites (tertiary alicyclic amines) is 1. The summed E-state index contributed by atoms with van der Waals surface area (Å²) in [5.74, 6) is -1.60. The molecule has 1 fully saturated rings. The molecule has 2 unspecified atom stereocenters. The van der Waals surface area contributed by atoms with Crippen LogP contribution in [0.25, 0.3) is 10.2 Å². The number of thiazole rings is 1. The second-order valence-corrected chi connectivity index (χ2v) is 7.77. The van der Waals surface area contributed by atoms with Crippen LogP contribution in [0.2, 0.25) is 0 Å². The zero-order valence-corrected chi connectivity index (χ0v) is 15.6. The number of rotatable bonds is 4. The molecule has 0 radical (unpaired) electrons. The van der Waals surface area contributed by atoms with Gasteiger partial charge in [0.2, 0.25) is 5.91 Å². The number of nitrogens with zero attached hydrogens (tertiary/aromatic N) is 2. The van der Waals surface area contributed by atoms with Gasteiger partial charge >= 0.3 is 0 Å². The molecular formula is C20H19F2N3OS. The van der Waals surface area contributed by atoms with E-state index in [1.165, 1.54) is 0 Å². The number of carbonyl (C=O) groups excluding carboxylic acids is 1. The predicted molar refractivity (Wildman–Crippen MR) is 103 cm³/mol. The van der Waals surface area contributed by atoms with E-state index in [-0.39, 0.29) is 17.6 Å². The number of aromatic nitrogens is 1. The maximum absolute atomic E-state index is 13.8. The monoisotopic (exact) mass is 387 g/mol. The van der Waals surface area contributed by atoms with Gasteiger partial charge in [0.05, 0.1) is 28.0 Å². The van der Waals surface area contributed by atoms with Crippen molar-refractivity contribution in [3.63, 3.8) is 0 Å². The summed E-state index contributed by atoms with van der Waals surface area (Å²) < 4.78 is 28.3. The van der Waals surface area contributed by atoms with Crippen molar-refractivity contribution in [2.75, 3.05) is 11.9 Å². The van der Waals surface area contributed by atoms with E-state index in [0.29, 0.717) is 0 Å². The largest absolute Gasteiger partial charge is 0.322 e. The van der Waals surface area contributed by atoms with Crippen molar-refractivity contribution in [3.8, 4) is 0 Å². The number of fused-ring (bicyclic) bond motifs is 1. The highest BCUT2D eigenvalue weighted by atomic mass is 32.1. The minimum Gasteiger partial charge on any atom is -0.322 e. The van der Waals surface area contributed by atoms with E-state index in [0.717, 1.165) is 52.8 Å². The van der Waals surface area contributed by atoms with Gasteiger partial charge in [0.15, 0.2) is 0 Å². The Kier molecular flexibility index (Phi) is 4.88. The summed E-state index contributed by atoms with van der Waals surface area (Å²) in [6.45, 7) is 2.55. The van der Waals surface area contributed by atoms with E-state index in [2.05, 4.69) is 10.2 Å². The second kappa shape index (κ2) is 7.32. The van der Waals surface area contributed by atoms with Crippen LogP contribution in [0.15, 0.2) is 42.5 Å². The molecule has 0 bridgehead atoms. The van der Waals surface area contributed by atoms with E-state index < -0.39 is 17.7 Å². The highest BCUT2D eigenvalue weighted by Crippen LogP contribution is 2.37. The summed E-state index contributed by atoms with van der Waals surface area (Å²) >= 11 is 1.64. The Hall–Kier alpha value is -2.38. The Bertz CT molecular complexity index is 957. The zero-order valence-electron chi connectivity index (χ0n) is 14.8. The predicted octanol–water partition coefficient (Wildman–Crippen LogP) is 4.74. The van der Waals surface area contributed by atoms with E-state index in [4.69, 9.17) is 4.98 Å². The highest BCUT2D eigenvalue weighted by Gasteiger charge is 2.35. The lowest BCUT2D eigenvalue weighted by atomic mass is 10.2. The Labute approximate surface area is 159 Å². The molecule has 4 nitrogen and oxygen atoms in total. The third-order valence-electron chi connectivity index (χ3n) is 4.95. The molecular weight excluding hydrogens is 368 g/mol. The van der Waals surface area contributed by atoms with Crippen molar-refractivity contribution in [2.24, 2.45) is 0 Å². The van der Waals surface area contributed by atoms with Crippen LogP contribution in [-0.4, -0.2) is 28.4 Å². The number of benzene rings is 2. The summed E-state index contributed by atoms with van der Waals surface area (Å²) in [6, 6.07) is 10.6. The van der Waals surface area contributed by atoms with Crippen molar-refractivity contribution in [1.29, 1.82) is 0 Å². The van der Waals surface area contributed by atoms with E-state index in [1.807, 2.05) is 24.3 Å². The van der Waals surface area contributed by atoms with Crippen molar-refractivity contribution < 1.29 is 13.6 Å². The molecule has 1 N–H and O–H groups in total. The lowest BCUT2D eigenvalue weighted by Gasteiger charge is -2.28. The van der Waals surface area contributed by atoms with Gasteiger partial charge in [-0.25, -0.2) is 13.8 Å². The average molecular weight is 387 g/mol. The molecule has 2 atom stereocenters. The number of nitrogens with one attached hydrogen (secondary N) is 1. The lowest BCUT2D eigenvalue weighted by molar-refractivity contribution is -0.121. The molecule has 1 aromatic heterocycles. The maximum atomic E-state index is 13.8. The number of hydrogen-bond donors (Lipinski definition) is 1. The molecule has 2 heterocycles. The third-order valence-corrected chi connectivity index (χ3v) is 6.09. The standard InChI is InChI=1S/C20H19F2N3OS/c1-12(19(26)23-16-11-13(21)8-9-14(16)22)25-10-4-6-17(25)20-24-15-5-2-3-7-18(15)27-20/h2-3,5,7-9,11-12,17H,4,6,10H2,1H3,(H,23,26). The fourth-order valence-corrected chi connectivity index (χ4v) is 4.65. The summed E-state index contributed by atoms with van der Waals surface area (Å²) in [5, 5.41) is 3.50. The number of amides is 1. The van der Waals surface area contributed by atoms with Gasteiger partial charge in [-0.05, 0) is 50.6 Å². The van der Waals surface area contributed by atoms with E-state index in [9.17, 15) is 13.6 Å². The number of carbonyl (C=O) groups is 1. The minimum atomic E-state index is -0.652. The van der Waals surface area contributed by atoms with Crippen LogP contribution in [-0.2, 0) is 4.79 Å². The topological polar surface area (TPSA) is 45.2 Å². The summed E-state index contributed by atoms with van der Waals surface area (Å²) in [4.78, 5) is 19.5. The molecule has 1 aliphatic heterocycles. The number of anilines is 1. The molecule has 1 aliphatic rings. The van der Waals surface area contributed by atoms with Crippen LogP contribution in [0.4, 0.5) is 14.5 Å². The minimum absolute atomic E-state index is 0.0560. The van der Waals surface area contributed by atoms with Crippen molar-refractivity contribution in [3.05, 3.63) is 59.1 Å². The zero-order chi connectivity index (χ0) is 19.0. The average Bonchev–Trinajstić information content (AvgIpc) is 3.30. The summed E-state index contributed by atoms with van der Waals surface area (Å²) in [6.07, 6.45) is 1.89. The number of hydrogen-bond acceptors (Lipinski definition) is 4. The van der Waals surface area contributed by atoms with Gasteiger partial charge in [0.25, 0.3) is 0 Å². The van der Waals surface area contributed by atoms with Crippen LogP contribution in [0.5, 0.6) is 0 Å². The molecule has 27 heavy (non-hydrogen) atoms. The van der Waals surface area contributed by atoms with Crippen LogP contribution < -0.4 is 5.32 Å². The normalized spacial score (nSPS) is 18.7. The second-order valence-electron chi connectivity index (χ2n) is 6.71. The van der Waals surface area contributed by atoms with Crippen molar-refractivity contribution in [1.82, 2.24) is 9.88 Å². The molecule has 3 aromatic rings.